The predicted octanol–water partition coefficient (Wildman–Crippen LogP) is 4.75. The molecule has 0 saturated carbocycles. The smallest absolute Gasteiger partial charge is 0.264 e. The number of amides is 1. The number of rotatable bonds is 6. The zero-order chi connectivity index (χ0) is 21.1. The molecule has 5 heteroatoms. The van der Waals surface area contributed by atoms with Crippen LogP contribution in [0.5, 0.6) is 0 Å². The fourth-order valence-electron chi connectivity index (χ4n) is 3.70. The van der Waals surface area contributed by atoms with Crippen molar-refractivity contribution in [3.63, 3.8) is 0 Å². The normalized spacial score (nSPS) is 18.1. The van der Waals surface area contributed by atoms with E-state index in [9.17, 15) is 14.7 Å². The molecule has 0 aromatic heterocycles. The lowest BCUT2D eigenvalue weighted by Gasteiger charge is -2.22. The van der Waals surface area contributed by atoms with Gasteiger partial charge in [-0.1, -0.05) is 84.4 Å². The van der Waals surface area contributed by atoms with Crippen LogP contribution in [-0.4, -0.2) is 16.8 Å². The van der Waals surface area contributed by atoms with E-state index in [0.29, 0.717) is 16.3 Å². The molecule has 4 rings (SSSR count). The van der Waals surface area contributed by atoms with Crippen LogP contribution in [-0.2, 0) is 21.7 Å². The standard InChI is InChI=1S/C25H20ClNO3/c26-22-12-6-4-10-19(22)17-27-23-13-7-5-11-21(23)25(30,24(27)29)16-20(28)15-14-18-8-2-1-3-9-18/h1-15,30H,16-17H2/b15-14+/t25-/m0/s1. The fourth-order valence-corrected chi connectivity index (χ4v) is 3.89. The lowest BCUT2D eigenvalue weighted by molar-refractivity contribution is -0.140. The van der Waals surface area contributed by atoms with Gasteiger partial charge in [-0.25, -0.2) is 0 Å². The molecule has 0 fully saturated rings. The van der Waals surface area contributed by atoms with E-state index in [0.717, 1.165) is 11.1 Å². The number of ketones is 1. The third-order valence-electron chi connectivity index (χ3n) is 5.22. The summed E-state index contributed by atoms with van der Waals surface area (Å²) in [7, 11) is 0. The van der Waals surface area contributed by atoms with Crippen molar-refractivity contribution in [3.8, 4) is 0 Å². The molecule has 150 valence electrons. The molecule has 3 aromatic carbocycles. The first-order chi connectivity index (χ1) is 14.5. The minimum Gasteiger partial charge on any atom is -0.375 e. The van der Waals surface area contributed by atoms with Crippen LogP contribution in [0.2, 0.25) is 5.02 Å². The number of hydrogen-bond acceptors (Lipinski definition) is 3. The maximum atomic E-state index is 13.3. The zero-order valence-corrected chi connectivity index (χ0v) is 16.9. The summed E-state index contributed by atoms with van der Waals surface area (Å²) in [5, 5.41) is 11.9. The Bertz CT molecular complexity index is 1130. The number of allylic oxidation sites excluding steroid dienone is 1. The molecule has 1 aliphatic heterocycles. The molecule has 4 nitrogen and oxygen atoms in total. The lowest BCUT2D eigenvalue weighted by atomic mass is 9.89. The van der Waals surface area contributed by atoms with E-state index in [1.807, 2.05) is 48.5 Å². The van der Waals surface area contributed by atoms with E-state index >= 15 is 0 Å². The van der Waals surface area contributed by atoms with Crippen LogP contribution >= 0.6 is 11.6 Å². The number of aliphatic hydroxyl groups is 1. The summed E-state index contributed by atoms with van der Waals surface area (Å²) in [5.74, 6) is -0.853. The Balaban J connectivity index is 1.61. The highest BCUT2D eigenvalue weighted by Gasteiger charge is 2.50. The van der Waals surface area contributed by atoms with Crippen LogP contribution in [0.25, 0.3) is 6.08 Å². The number of fused-ring (bicyclic) bond motifs is 1. The summed E-state index contributed by atoms with van der Waals surface area (Å²) in [6.45, 7) is 0.214. The Kier molecular flexibility index (Phi) is 5.53. The molecule has 0 spiro atoms. The highest BCUT2D eigenvalue weighted by atomic mass is 35.5. The van der Waals surface area contributed by atoms with Crippen molar-refractivity contribution >= 4 is 35.1 Å². The molecular formula is C25H20ClNO3. The minimum atomic E-state index is -1.91. The van der Waals surface area contributed by atoms with E-state index in [-0.39, 0.29) is 18.7 Å². The summed E-state index contributed by atoms with van der Waals surface area (Å²) in [5.41, 5.74) is 0.752. The van der Waals surface area contributed by atoms with Gasteiger partial charge in [-0.3, -0.25) is 9.59 Å². The third kappa shape index (κ3) is 3.80. The number of nitrogens with zero attached hydrogens (tertiary/aromatic N) is 1. The van der Waals surface area contributed by atoms with Crippen LogP contribution in [0.15, 0.2) is 84.9 Å². The predicted molar refractivity (Wildman–Crippen MR) is 118 cm³/mol. The molecule has 1 amide bonds. The number of carbonyl (C=O) groups is 2. The second kappa shape index (κ2) is 8.27. The lowest BCUT2D eigenvalue weighted by Crippen LogP contribution is -2.41. The van der Waals surface area contributed by atoms with Crippen LogP contribution < -0.4 is 4.90 Å². The van der Waals surface area contributed by atoms with Gasteiger partial charge in [-0.15, -0.1) is 0 Å². The van der Waals surface area contributed by atoms with Crippen molar-refractivity contribution in [1.82, 2.24) is 0 Å². The highest BCUT2D eigenvalue weighted by Crippen LogP contribution is 2.43. The van der Waals surface area contributed by atoms with E-state index in [1.165, 1.54) is 11.0 Å². The van der Waals surface area contributed by atoms with Crippen LogP contribution in [0.4, 0.5) is 5.69 Å². The second-order valence-corrected chi connectivity index (χ2v) is 7.65. The molecule has 3 aromatic rings. The van der Waals surface area contributed by atoms with Gasteiger partial charge in [0.1, 0.15) is 0 Å². The molecule has 1 heterocycles. The summed E-state index contributed by atoms with van der Waals surface area (Å²) in [4.78, 5) is 27.4. The Hall–Kier alpha value is -3.21. The maximum absolute atomic E-state index is 13.3. The van der Waals surface area contributed by atoms with Crippen molar-refractivity contribution in [2.24, 2.45) is 0 Å². The summed E-state index contributed by atoms with van der Waals surface area (Å²) >= 11 is 6.27. The second-order valence-electron chi connectivity index (χ2n) is 7.25. The molecule has 1 N–H and O–H groups in total. The number of benzene rings is 3. The van der Waals surface area contributed by atoms with Crippen molar-refractivity contribution in [1.29, 1.82) is 0 Å². The summed E-state index contributed by atoms with van der Waals surface area (Å²) in [6, 6.07) is 23.7. The van der Waals surface area contributed by atoms with E-state index < -0.39 is 11.5 Å². The molecular weight excluding hydrogens is 398 g/mol. The van der Waals surface area contributed by atoms with Gasteiger partial charge in [0.05, 0.1) is 18.7 Å². The van der Waals surface area contributed by atoms with Gasteiger partial charge in [0.15, 0.2) is 11.4 Å². The molecule has 0 saturated heterocycles. The first-order valence-corrected chi connectivity index (χ1v) is 10.00. The molecule has 30 heavy (non-hydrogen) atoms. The van der Waals surface area contributed by atoms with E-state index in [2.05, 4.69) is 0 Å². The number of carbonyl (C=O) groups excluding carboxylic acids is 2. The molecule has 1 aliphatic rings. The molecule has 0 aliphatic carbocycles. The van der Waals surface area contributed by atoms with Crippen LogP contribution in [0.1, 0.15) is 23.1 Å². The average Bonchev–Trinajstić information content (AvgIpc) is 2.96. The Morgan fingerprint density at radius 1 is 0.967 bits per heavy atom. The Morgan fingerprint density at radius 2 is 1.63 bits per heavy atom. The average molecular weight is 418 g/mol. The minimum absolute atomic E-state index is 0.214. The van der Waals surface area contributed by atoms with Gasteiger partial charge in [-0.2, -0.15) is 0 Å². The quantitative estimate of drug-likeness (QED) is 0.589. The maximum Gasteiger partial charge on any atom is 0.264 e. The molecule has 0 unspecified atom stereocenters. The van der Waals surface area contributed by atoms with Crippen LogP contribution in [0.3, 0.4) is 0 Å². The summed E-state index contributed by atoms with van der Waals surface area (Å²) < 4.78 is 0. The van der Waals surface area contributed by atoms with Crippen molar-refractivity contribution in [3.05, 3.63) is 107 Å². The first-order valence-electron chi connectivity index (χ1n) is 9.62. The van der Waals surface area contributed by atoms with Crippen molar-refractivity contribution < 1.29 is 14.7 Å². The third-order valence-corrected chi connectivity index (χ3v) is 5.59. The van der Waals surface area contributed by atoms with Gasteiger partial charge in [0.25, 0.3) is 5.91 Å². The van der Waals surface area contributed by atoms with Crippen molar-refractivity contribution in [2.75, 3.05) is 4.90 Å². The summed E-state index contributed by atoms with van der Waals surface area (Å²) in [6.07, 6.45) is 2.75. The van der Waals surface area contributed by atoms with Gasteiger partial charge in [0.2, 0.25) is 0 Å². The number of hydrogen-bond donors (Lipinski definition) is 1. The largest absolute Gasteiger partial charge is 0.375 e. The SMILES string of the molecule is O=C(/C=C/c1ccccc1)C[C@@]1(O)C(=O)N(Cc2ccccc2Cl)c2ccccc21. The highest BCUT2D eigenvalue weighted by molar-refractivity contribution is 6.31. The molecule has 1 atom stereocenters. The van der Waals surface area contributed by atoms with Gasteiger partial charge < -0.3 is 10.0 Å². The van der Waals surface area contributed by atoms with Gasteiger partial charge >= 0.3 is 0 Å². The van der Waals surface area contributed by atoms with E-state index in [4.69, 9.17) is 11.6 Å². The molecule has 0 bridgehead atoms. The Labute approximate surface area is 180 Å². The number of para-hydroxylation sites is 1. The van der Waals surface area contributed by atoms with Gasteiger partial charge in [-0.05, 0) is 29.3 Å². The van der Waals surface area contributed by atoms with Gasteiger partial charge in [0, 0.05) is 10.6 Å². The monoisotopic (exact) mass is 417 g/mol. The van der Waals surface area contributed by atoms with E-state index in [1.54, 1.807) is 36.4 Å². The number of halogens is 1. The molecule has 0 radical (unpaired) electrons. The number of anilines is 1. The zero-order valence-electron chi connectivity index (χ0n) is 16.2. The topological polar surface area (TPSA) is 57.6 Å². The fraction of sp³-hybridized carbons (Fsp3) is 0.120. The Morgan fingerprint density at radius 3 is 2.40 bits per heavy atom. The van der Waals surface area contributed by atoms with Crippen LogP contribution in [0, 0.1) is 0 Å². The van der Waals surface area contributed by atoms with Crippen molar-refractivity contribution in [2.45, 2.75) is 18.6 Å². The first kappa shape index (κ1) is 20.1.